The molecule has 0 aliphatic rings. The van der Waals surface area contributed by atoms with E-state index in [0.717, 1.165) is 38.8 Å². The first-order valence-corrected chi connectivity index (χ1v) is 10.6. The van der Waals surface area contributed by atoms with Crippen LogP contribution in [0.15, 0.2) is 67.0 Å². The number of aromatic nitrogens is 4. The van der Waals surface area contributed by atoms with Crippen LogP contribution in [0.1, 0.15) is 32.9 Å². The Morgan fingerprint density at radius 3 is 2.82 bits per heavy atom. The molecule has 0 saturated heterocycles. The lowest BCUT2D eigenvalue weighted by Crippen LogP contribution is -2.23. The molecule has 5 aromatic rings. The highest BCUT2D eigenvalue weighted by Crippen LogP contribution is 2.21. The van der Waals surface area contributed by atoms with Crippen LogP contribution < -0.4 is 5.32 Å². The predicted octanol–water partition coefficient (Wildman–Crippen LogP) is 4.55. The van der Waals surface area contributed by atoms with E-state index in [2.05, 4.69) is 31.6 Å². The molecule has 0 radical (unpaired) electrons. The van der Waals surface area contributed by atoms with Gasteiger partial charge in [0.1, 0.15) is 6.07 Å². The lowest BCUT2D eigenvalue weighted by Gasteiger charge is -2.07. The Morgan fingerprint density at radius 1 is 1.06 bits per heavy atom. The third-order valence-electron chi connectivity index (χ3n) is 5.36. The molecule has 7 nitrogen and oxygen atoms in total. The average molecular weight is 453 g/mol. The minimum Gasteiger partial charge on any atom is -0.346 e. The van der Waals surface area contributed by atoms with E-state index < -0.39 is 0 Å². The Balaban J connectivity index is 1.31. The molecular weight excluding hydrogens is 436 g/mol. The van der Waals surface area contributed by atoms with Crippen molar-refractivity contribution in [1.29, 1.82) is 5.26 Å². The molecule has 5 rings (SSSR count). The molecule has 160 valence electrons. The highest BCUT2D eigenvalue weighted by atomic mass is 35.5. The summed E-state index contributed by atoms with van der Waals surface area (Å²) in [5.41, 5.74) is 5.24. The molecule has 3 heterocycles. The molecule has 0 aliphatic carbocycles. The number of aromatic amines is 1. The van der Waals surface area contributed by atoms with Gasteiger partial charge in [0.2, 0.25) is 0 Å². The summed E-state index contributed by atoms with van der Waals surface area (Å²) >= 11 is 6.08. The lowest BCUT2D eigenvalue weighted by molar-refractivity contribution is 0.0950. The molecule has 3 aromatic heterocycles. The van der Waals surface area contributed by atoms with Gasteiger partial charge in [-0.25, -0.2) is 0 Å². The number of fused-ring (bicyclic) bond motifs is 2. The first-order chi connectivity index (χ1) is 16.1. The number of nitrogens with zero attached hydrogens (tertiary/aromatic N) is 4. The van der Waals surface area contributed by atoms with E-state index >= 15 is 0 Å². The van der Waals surface area contributed by atoms with Gasteiger partial charge in [-0.2, -0.15) is 10.4 Å². The van der Waals surface area contributed by atoms with Gasteiger partial charge in [0.05, 0.1) is 28.8 Å². The third kappa shape index (κ3) is 4.38. The van der Waals surface area contributed by atoms with Crippen molar-refractivity contribution in [2.45, 2.75) is 13.0 Å². The molecular formula is C25H17ClN6O. The normalized spacial score (nSPS) is 10.9. The Bertz CT molecular complexity index is 1550. The van der Waals surface area contributed by atoms with Gasteiger partial charge in [-0.15, -0.1) is 0 Å². The lowest BCUT2D eigenvalue weighted by atomic mass is 10.0. The van der Waals surface area contributed by atoms with E-state index in [9.17, 15) is 4.79 Å². The van der Waals surface area contributed by atoms with Crippen molar-refractivity contribution < 1.29 is 4.79 Å². The number of benzene rings is 2. The van der Waals surface area contributed by atoms with E-state index in [4.69, 9.17) is 16.9 Å². The average Bonchev–Trinajstić information content (AvgIpc) is 3.24. The summed E-state index contributed by atoms with van der Waals surface area (Å²) in [5, 5.41) is 21.6. The van der Waals surface area contributed by atoms with E-state index in [0.29, 0.717) is 29.1 Å². The summed E-state index contributed by atoms with van der Waals surface area (Å²) in [6, 6.07) is 18.7. The Labute approximate surface area is 194 Å². The van der Waals surface area contributed by atoms with Crippen molar-refractivity contribution in [3.8, 4) is 6.07 Å². The number of rotatable bonds is 5. The van der Waals surface area contributed by atoms with E-state index in [1.165, 1.54) is 0 Å². The fourth-order valence-electron chi connectivity index (χ4n) is 3.72. The van der Waals surface area contributed by atoms with Gasteiger partial charge in [0, 0.05) is 45.9 Å². The monoisotopic (exact) mass is 452 g/mol. The van der Waals surface area contributed by atoms with Crippen LogP contribution in [-0.2, 0) is 13.0 Å². The number of nitriles is 1. The number of hydrogen-bond acceptors (Lipinski definition) is 5. The first-order valence-electron chi connectivity index (χ1n) is 10.2. The van der Waals surface area contributed by atoms with Crippen molar-refractivity contribution >= 4 is 39.3 Å². The molecule has 1 amide bonds. The van der Waals surface area contributed by atoms with E-state index in [-0.39, 0.29) is 5.91 Å². The summed E-state index contributed by atoms with van der Waals surface area (Å²) in [6.07, 6.45) is 3.75. The van der Waals surface area contributed by atoms with Crippen LogP contribution in [-0.4, -0.2) is 26.1 Å². The SMILES string of the molecule is N#Cc1cnc2ccc(Cc3cc(C(=O)NCc4[nH]nc5ccc(Cl)cc45)ccn3)cc2c1. The molecule has 2 aromatic carbocycles. The maximum Gasteiger partial charge on any atom is 0.251 e. The second-order valence-corrected chi connectivity index (χ2v) is 8.06. The Hall–Kier alpha value is -4.28. The van der Waals surface area contributed by atoms with Crippen LogP contribution in [0.2, 0.25) is 5.02 Å². The smallest absolute Gasteiger partial charge is 0.251 e. The van der Waals surface area contributed by atoms with Gasteiger partial charge in [-0.3, -0.25) is 19.9 Å². The zero-order valence-corrected chi connectivity index (χ0v) is 18.1. The van der Waals surface area contributed by atoms with Gasteiger partial charge in [0.15, 0.2) is 0 Å². The van der Waals surface area contributed by atoms with Crippen molar-refractivity contribution in [2.75, 3.05) is 0 Å². The van der Waals surface area contributed by atoms with Gasteiger partial charge in [-0.1, -0.05) is 17.7 Å². The number of carbonyl (C=O) groups excluding carboxylic acids is 1. The standard InChI is InChI=1S/C25H17ClN6O/c26-19-2-4-23-21(11-19)24(32-31-23)14-30-25(33)17-5-6-28-20(10-17)9-15-1-3-22-18(7-15)8-16(12-27)13-29-22/h1-8,10-11,13H,9,14H2,(H,30,33)(H,31,32). The molecule has 0 fully saturated rings. The first kappa shape index (κ1) is 20.6. The van der Waals surface area contributed by atoms with Gasteiger partial charge >= 0.3 is 0 Å². The zero-order chi connectivity index (χ0) is 22.8. The third-order valence-corrected chi connectivity index (χ3v) is 5.59. The molecule has 8 heteroatoms. The van der Waals surface area contributed by atoms with E-state index in [1.807, 2.05) is 36.4 Å². The maximum absolute atomic E-state index is 12.8. The quantitative estimate of drug-likeness (QED) is 0.406. The largest absolute Gasteiger partial charge is 0.346 e. The number of pyridine rings is 2. The van der Waals surface area contributed by atoms with Crippen LogP contribution in [0.5, 0.6) is 0 Å². The number of carbonyl (C=O) groups is 1. The van der Waals surface area contributed by atoms with Crippen molar-refractivity contribution in [3.63, 3.8) is 0 Å². The summed E-state index contributed by atoms with van der Waals surface area (Å²) in [7, 11) is 0. The molecule has 0 spiro atoms. The number of amides is 1. The molecule has 2 N–H and O–H groups in total. The molecule has 0 saturated carbocycles. The molecule has 0 aliphatic heterocycles. The van der Waals surface area contributed by atoms with Crippen molar-refractivity contribution in [3.05, 3.63) is 100 Å². The summed E-state index contributed by atoms with van der Waals surface area (Å²) in [6.45, 7) is 0.298. The van der Waals surface area contributed by atoms with Crippen molar-refractivity contribution in [1.82, 2.24) is 25.5 Å². The predicted molar refractivity (Wildman–Crippen MR) is 126 cm³/mol. The Kier molecular flexibility index (Phi) is 5.43. The highest BCUT2D eigenvalue weighted by molar-refractivity contribution is 6.31. The summed E-state index contributed by atoms with van der Waals surface area (Å²) in [4.78, 5) is 21.5. The minimum atomic E-state index is -0.204. The maximum atomic E-state index is 12.8. The molecule has 0 atom stereocenters. The molecule has 33 heavy (non-hydrogen) atoms. The minimum absolute atomic E-state index is 0.204. The van der Waals surface area contributed by atoms with Crippen LogP contribution in [0.3, 0.4) is 0 Å². The highest BCUT2D eigenvalue weighted by Gasteiger charge is 2.11. The Morgan fingerprint density at radius 2 is 1.94 bits per heavy atom. The van der Waals surface area contributed by atoms with Crippen LogP contribution in [0.25, 0.3) is 21.8 Å². The van der Waals surface area contributed by atoms with Crippen LogP contribution in [0, 0.1) is 11.3 Å². The topological polar surface area (TPSA) is 107 Å². The number of H-pyrrole nitrogens is 1. The number of nitrogens with one attached hydrogen (secondary N) is 2. The van der Waals surface area contributed by atoms with Crippen molar-refractivity contribution in [2.24, 2.45) is 0 Å². The second kappa shape index (κ2) is 8.69. The van der Waals surface area contributed by atoms with Gasteiger partial charge < -0.3 is 5.32 Å². The van der Waals surface area contributed by atoms with Crippen LogP contribution in [0.4, 0.5) is 0 Å². The summed E-state index contributed by atoms with van der Waals surface area (Å²) in [5.74, 6) is -0.204. The molecule has 0 unspecified atom stereocenters. The summed E-state index contributed by atoms with van der Waals surface area (Å²) < 4.78 is 0. The van der Waals surface area contributed by atoms with Gasteiger partial charge in [0.25, 0.3) is 5.91 Å². The van der Waals surface area contributed by atoms with E-state index in [1.54, 1.807) is 30.6 Å². The van der Waals surface area contributed by atoms with Crippen LogP contribution >= 0.6 is 11.6 Å². The number of halogens is 1. The fourth-order valence-corrected chi connectivity index (χ4v) is 3.89. The van der Waals surface area contributed by atoms with Gasteiger partial charge in [-0.05, 0) is 54.1 Å². The molecule has 0 bridgehead atoms. The second-order valence-electron chi connectivity index (χ2n) is 7.62. The fraction of sp³-hybridized carbons (Fsp3) is 0.0800. The number of hydrogen-bond donors (Lipinski definition) is 2. The zero-order valence-electron chi connectivity index (χ0n) is 17.3.